The molecular weight excluding hydrogens is 382 g/mol. The highest BCUT2D eigenvalue weighted by molar-refractivity contribution is 5.92. The molecule has 7 nitrogen and oxygen atoms in total. The average Bonchev–Trinajstić information content (AvgIpc) is 2.77. The molecule has 1 heterocycles. The van der Waals surface area contributed by atoms with E-state index in [1.807, 2.05) is 43.3 Å². The summed E-state index contributed by atoms with van der Waals surface area (Å²) < 4.78 is 5.04. The van der Waals surface area contributed by atoms with Crippen molar-refractivity contribution in [1.82, 2.24) is 5.32 Å². The highest BCUT2D eigenvalue weighted by Gasteiger charge is 2.30. The zero-order valence-electron chi connectivity index (χ0n) is 17.0. The number of dihydropyridines is 1. The lowest BCUT2D eigenvalue weighted by atomic mass is 9.85. The Morgan fingerprint density at radius 1 is 1.23 bits per heavy atom. The predicted molar refractivity (Wildman–Crippen MR) is 114 cm³/mol. The molecule has 7 heteroatoms. The Kier molecular flexibility index (Phi) is 6.64. The van der Waals surface area contributed by atoms with E-state index >= 15 is 0 Å². The van der Waals surface area contributed by atoms with Crippen LogP contribution in [0.3, 0.4) is 0 Å². The van der Waals surface area contributed by atoms with Gasteiger partial charge >= 0.3 is 5.97 Å². The molecule has 3 N–H and O–H groups in total. The second-order valence-electron chi connectivity index (χ2n) is 7.24. The second kappa shape index (κ2) is 9.37. The number of carbonyl (C=O) groups is 1. The van der Waals surface area contributed by atoms with Gasteiger partial charge in [-0.05, 0) is 30.9 Å². The lowest BCUT2D eigenvalue weighted by Crippen LogP contribution is -2.27. The van der Waals surface area contributed by atoms with Gasteiger partial charge in [0.1, 0.15) is 0 Å². The van der Waals surface area contributed by atoms with Crippen molar-refractivity contribution in [2.45, 2.75) is 31.7 Å². The van der Waals surface area contributed by atoms with Crippen molar-refractivity contribution >= 4 is 11.7 Å². The van der Waals surface area contributed by atoms with Crippen LogP contribution in [0.15, 0.2) is 77.6 Å². The van der Waals surface area contributed by atoms with Crippen LogP contribution in [0.25, 0.3) is 0 Å². The van der Waals surface area contributed by atoms with Crippen molar-refractivity contribution in [1.29, 1.82) is 0 Å². The van der Waals surface area contributed by atoms with Gasteiger partial charge in [-0.25, -0.2) is 4.79 Å². The van der Waals surface area contributed by atoms with Gasteiger partial charge in [-0.3, -0.25) is 10.1 Å². The summed E-state index contributed by atoms with van der Waals surface area (Å²) in [5, 5.41) is 14.5. The number of benzene rings is 2. The van der Waals surface area contributed by atoms with Crippen LogP contribution in [-0.4, -0.2) is 18.0 Å². The van der Waals surface area contributed by atoms with E-state index in [1.165, 1.54) is 19.2 Å². The third kappa shape index (κ3) is 4.75. The third-order valence-electron chi connectivity index (χ3n) is 5.18. The number of ether oxygens (including phenoxy) is 1. The number of nitrogens with two attached hydrogens (primary N) is 1. The van der Waals surface area contributed by atoms with E-state index in [9.17, 15) is 14.9 Å². The molecule has 1 aliphatic heterocycles. The third-order valence-corrected chi connectivity index (χ3v) is 5.18. The van der Waals surface area contributed by atoms with Gasteiger partial charge in [-0.15, -0.1) is 0 Å². The molecule has 0 radical (unpaired) electrons. The van der Waals surface area contributed by atoms with Gasteiger partial charge in [0.25, 0.3) is 5.69 Å². The fourth-order valence-corrected chi connectivity index (χ4v) is 3.69. The van der Waals surface area contributed by atoms with Crippen molar-refractivity contribution in [3.63, 3.8) is 0 Å². The highest BCUT2D eigenvalue weighted by atomic mass is 16.6. The van der Waals surface area contributed by atoms with Crippen LogP contribution in [-0.2, 0) is 9.53 Å². The van der Waals surface area contributed by atoms with E-state index < -0.39 is 16.8 Å². The molecule has 2 unspecified atom stereocenters. The van der Waals surface area contributed by atoms with Crippen molar-refractivity contribution in [2.24, 2.45) is 5.73 Å². The molecule has 2 aromatic carbocycles. The number of nitrogens with zero attached hydrogens (tertiary/aromatic N) is 1. The number of allylic oxidation sites excluding steroid dienone is 3. The summed E-state index contributed by atoms with van der Waals surface area (Å²) in [5.41, 5.74) is 10.0. The Balaban J connectivity index is 1.94. The van der Waals surface area contributed by atoms with Gasteiger partial charge in [0.15, 0.2) is 0 Å². The molecule has 0 bridgehead atoms. The van der Waals surface area contributed by atoms with E-state index in [4.69, 9.17) is 10.5 Å². The fourth-order valence-electron chi connectivity index (χ4n) is 3.69. The largest absolute Gasteiger partial charge is 0.466 e. The SMILES string of the molecule is COC(=O)C1=C(CCC(N)c2ccccc2)NC(C)=CC1c1cccc([N+](=O)[O-])c1. The Bertz CT molecular complexity index is 999. The van der Waals surface area contributed by atoms with E-state index in [0.717, 1.165) is 17.0 Å². The summed E-state index contributed by atoms with van der Waals surface area (Å²) in [7, 11) is 1.33. The van der Waals surface area contributed by atoms with Crippen molar-refractivity contribution in [2.75, 3.05) is 7.11 Å². The second-order valence-corrected chi connectivity index (χ2v) is 7.24. The van der Waals surface area contributed by atoms with E-state index in [2.05, 4.69) is 5.32 Å². The van der Waals surface area contributed by atoms with Crippen LogP contribution in [0.2, 0.25) is 0 Å². The zero-order chi connectivity index (χ0) is 21.7. The number of non-ortho nitro benzene ring substituents is 1. The van der Waals surface area contributed by atoms with E-state index in [-0.39, 0.29) is 11.7 Å². The Morgan fingerprint density at radius 2 is 1.97 bits per heavy atom. The van der Waals surface area contributed by atoms with Crippen molar-refractivity contribution in [3.05, 3.63) is 98.9 Å². The number of carbonyl (C=O) groups excluding carboxylic acids is 1. The fraction of sp³-hybridized carbons (Fsp3) is 0.261. The number of methoxy groups -OCH3 is 1. The van der Waals surface area contributed by atoms with Gasteiger partial charge in [0.2, 0.25) is 0 Å². The number of hydrogen-bond acceptors (Lipinski definition) is 6. The minimum absolute atomic E-state index is 0.0195. The van der Waals surface area contributed by atoms with Crippen molar-refractivity contribution < 1.29 is 14.5 Å². The minimum atomic E-state index is -0.467. The summed E-state index contributed by atoms with van der Waals surface area (Å²) >= 11 is 0. The van der Waals surface area contributed by atoms with Crippen LogP contribution >= 0.6 is 0 Å². The summed E-state index contributed by atoms with van der Waals surface area (Å²) in [6.45, 7) is 1.90. The normalized spacial score (nSPS) is 17.0. The van der Waals surface area contributed by atoms with Gasteiger partial charge in [-0.1, -0.05) is 48.5 Å². The standard InChI is InChI=1S/C23H25N3O4/c1-15-13-19(17-9-6-10-18(14-17)26(28)29)22(23(27)30-2)21(25-15)12-11-20(24)16-7-4-3-5-8-16/h3-10,13-14,19-20,25H,11-12,24H2,1-2H3. The van der Waals surface area contributed by atoms with Gasteiger partial charge in [0, 0.05) is 35.5 Å². The quantitative estimate of drug-likeness (QED) is 0.407. The molecule has 0 aromatic heterocycles. The molecule has 0 fully saturated rings. The number of rotatable bonds is 7. The maximum absolute atomic E-state index is 12.7. The monoisotopic (exact) mass is 407 g/mol. The summed E-state index contributed by atoms with van der Waals surface area (Å²) in [4.78, 5) is 23.5. The molecule has 30 heavy (non-hydrogen) atoms. The molecule has 2 aromatic rings. The first kappa shape index (κ1) is 21.3. The molecular formula is C23H25N3O4. The van der Waals surface area contributed by atoms with Crippen LogP contribution in [0.4, 0.5) is 5.69 Å². The van der Waals surface area contributed by atoms with Gasteiger partial charge < -0.3 is 15.8 Å². The molecule has 0 saturated heterocycles. The maximum Gasteiger partial charge on any atom is 0.336 e. The summed E-state index contributed by atoms with van der Waals surface area (Å²) in [6.07, 6.45) is 3.05. The Labute approximate surface area is 175 Å². The zero-order valence-corrected chi connectivity index (χ0v) is 17.0. The molecule has 0 saturated carbocycles. The average molecular weight is 407 g/mol. The minimum Gasteiger partial charge on any atom is -0.466 e. The maximum atomic E-state index is 12.7. The van der Waals surface area contributed by atoms with Crippen molar-refractivity contribution in [3.8, 4) is 0 Å². The smallest absolute Gasteiger partial charge is 0.336 e. The number of nitro benzene ring substituents is 1. The molecule has 0 spiro atoms. The first-order valence-electron chi connectivity index (χ1n) is 9.72. The molecule has 2 atom stereocenters. The molecule has 156 valence electrons. The van der Waals surface area contributed by atoms with Gasteiger partial charge in [0.05, 0.1) is 17.6 Å². The lowest BCUT2D eigenvalue weighted by molar-refractivity contribution is -0.384. The molecule has 1 aliphatic rings. The number of nitrogens with one attached hydrogen (secondary N) is 1. The van der Waals surface area contributed by atoms with Gasteiger partial charge in [-0.2, -0.15) is 0 Å². The topological polar surface area (TPSA) is 107 Å². The lowest BCUT2D eigenvalue weighted by Gasteiger charge is -2.27. The predicted octanol–water partition coefficient (Wildman–Crippen LogP) is 4.09. The Morgan fingerprint density at radius 3 is 2.63 bits per heavy atom. The molecule has 3 rings (SSSR count). The highest BCUT2D eigenvalue weighted by Crippen LogP contribution is 2.36. The van der Waals surface area contributed by atoms with Crippen LogP contribution in [0, 0.1) is 10.1 Å². The summed E-state index contributed by atoms with van der Waals surface area (Å²) in [6, 6.07) is 15.9. The van der Waals surface area contributed by atoms with E-state index in [1.54, 1.807) is 12.1 Å². The number of nitro groups is 1. The number of hydrogen-bond donors (Lipinski definition) is 2. The first-order chi connectivity index (χ1) is 14.4. The molecule has 0 amide bonds. The van der Waals surface area contributed by atoms with Crippen LogP contribution in [0.5, 0.6) is 0 Å². The first-order valence-corrected chi connectivity index (χ1v) is 9.72. The van der Waals surface area contributed by atoms with E-state index in [0.29, 0.717) is 24.0 Å². The number of esters is 1. The Hall–Kier alpha value is -3.45. The molecule has 0 aliphatic carbocycles. The van der Waals surface area contributed by atoms with Crippen LogP contribution in [0.1, 0.15) is 42.9 Å². The van der Waals surface area contributed by atoms with Crippen LogP contribution < -0.4 is 11.1 Å². The summed E-state index contributed by atoms with van der Waals surface area (Å²) in [5.74, 6) is -0.910.